The van der Waals surface area contributed by atoms with Gasteiger partial charge in [-0.25, -0.2) is 9.59 Å². The Bertz CT molecular complexity index is 1460. The summed E-state index contributed by atoms with van der Waals surface area (Å²) in [4.78, 5) is 65.1. The van der Waals surface area contributed by atoms with Crippen molar-refractivity contribution in [1.29, 1.82) is 0 Å². The molecule has 0 saturated carbocycles. The van der Waals surface area contributed by atoms with Crippen molar-refractivity contribution in [3.63, 3.8) is 0 Å². The number of ether oxygens (including phenoxy) is 8. The molecule has 5 atom stereocenters. The van der Waals surface area contributed by atoms with E-state index in [1.807, 2.05) is 49.3 Å². The molecule has 0 aliphatic carbocycles. The van der Waals surface area contributed by atoms with E-state index in [1.165, 1.54) is 17.0 Å². The van der Waals surface area contributed by atoms with Gasteiger partial charge in [-0.05, 0) is 43.8 Å². The number of hydrogen-bond acceptors (Lipinski definition) is 15. The van der Waals surface area contributed by atoms with Gasteiger partial charge in [0.25, 0.3) is 0 Å². The number of rotatable bonds is 16. The fourth-order valence-corrected chi connectivity index (χ4v) is 4.87. The molecular formula is C34H45N3O13. The molecule has 2 N–H and O–H groups in total. The number of amides is 1. The third-order valence-corrected chi connectivity index (χ3v) is 7.21. The van der Waals surface area contributed by atoms with Crippen LogP contribution < -0.4 is 10.5 Å². The molecule has 3 rings (SSSR count). The first kappa shape index (κ1) is 39.5. The molecule has 50 heavy (non-hydrogen) atoms. The van der Waals surface area contributed by atoms with E-state index in [1.54, 1.807) is 6.07 Å². The van der Waals surface area contributed by atoms with E-state index in [9.17, 15) is 24.0 Å². The topological polar surface area (TPSA) is 192 Å². The number of anilines is 1. The normalized spacial score (nSPS) is 19.9. The lowest BCUT2D eigenvalue weighted by molar-refractivity contribution is -0.282. The van der Waals surface area contributed by atoms with Crippen LogP contribution in [0.5, 0.6) is 5.75 Å². The van der Waals surface area contributed by atoms with Crippen molar-refractivity contribution >= 4 is 35.7 Å². The van der Waals surface area contributed by atoms with Gasteiger partial charge in [0.1, 0.15) is 19.1 Å². The lowest BCUT2D eigenvalue weighted by Crippen LogP contribution is -2.64. The molecule has 16 heteroatoms. The zero-order chi connectivity index (χ0) is 36.8. The third kappa shape index (κ3) is 12.2. The van der Waals surface area contributed by atoms with Gasteiger partial charge in [-0.2, -0.15) is 0 Å². The van der Waals surface area contributed by atoms with Crippen molar-refractivity contribution < 1.29 is 61.9 Å². The SMILES string of the molecule is COC(=O)C1O[C@@H](Oc2ccc(COC(=O)N(CCN(C)C)COCCc3ccccc3)cc2N)C(OC(C)=O)[C@@H](OC(C)=O)C1OC(C)=O. The Labute approximate surface area is 290 Å². The summed E-state index contributed by atoms with van der Waals surface area (Å²) in [5, 5.41) is 0. The van der Waals surface area contributed by atoms with Crippen LogP contribution in [-0.2, 0) is 65.4 Å². The summed E-state index contributed by atoms with van der Waals surface area (Å²) in [7, 11) is 4.86. The molecule has 274 valence electrons. The van der Waals surface area contributed by atoms with Crippen molar-refractivity contribution in [1.82, 2.24) is 9.80 Å². The predicted molar refractivity (Wildman–Crippen MR) is 175 cm³/mol. The van der Waals surface area contributed by atoms with E-state index < -0.39 is 60.7 Å². The standard InChI is InChI=1S/C34H45N3O13/c1-21(38)46-28-29(47-22(2)39)31(48-23(3)40)33(50-30(28)32(41)43-6)49-27-13-12-25(18-26(27)35)19-45-34(42)37(16-15-36(4)5)20-44-17-14-24-10-8-7-9-11-24/h7-13,18,28-31,33H,14-17,19-20,35H2,1-6H3/t28?,29-,30?,31?,33+/m0/s1. The summed E-state index contributed by atoms with van der Waals surface area (Å²) >= 11 is 0. The molecule has 0 bridgehead atoms. The van der Waals surface area contributed by atoms with E-state index in [2.05, 4.69) is 0 Å². The summed E-state index contributed by atoms with van der Waals surface area (Å²) in [5.41, 5.74) is 7.98. The number of esters is 4. The summed E-state index contributed by atoms with van der Waals surface area (Å²) < 4.78 is 43.9. The number of hydrogen-bond donors (Lipinski definition) is 1. The highest BCUT2D eigenvalue weighted by Crippen LogP contribution is 2.33. The highest BCUT2D eigenvalue weighted by molar-refractivity contribution is 5.77. The Morgan fingerprint density at radius 1 is 0.820 bits per heavy atom. The molecule has 1 saturated heterocycles. The smallest absolute Gasteiger partial charge is 0.411 e. The largest absolute Gasteiger partial charge is 0.467 e. The van der Waals surface area contributed by atoms with Gasteiger partial charge in [-0.15, -0.1) is 0 Å². The Balaban J connectivity index is 1.73. The lowest BCUT2D eigenvalue weighted by Gasteiger charge is -2.43. The molecule has 1 aliphatic rings. The highest BCUT2D eigenvalue weighted by atomic mass is 16.7. The number of carbonyl (C=O) groups is 5. The van der Waals surface area contributed by atoms with Gasteiger partial charge in [0.2, 0.25) is 12.4 Å². The van der Waals surface area contributed by atoms with Gasteiger partial charge >= 0.3 is 30.0 Å². The van der Waals surface area contributed by atoms with Gasteiger partial charge in [-0.3, -0.25) is 19.3 Å². The van der Waals surface area contributed by atoms with Crippen molar-refractivity contribution in [3.05, 3.63) is 59.7 Å². The number of methoxy groups -OCH3 is 1. The average molecular weight is 704 g/mol. The quantitative estimate of drug-likeness (QED) is 0.0878. The maximum Gasteiger partial charge on any atom is 0.411 e. The number of benzene rings is 2. The number of nitrogens with zero attached hydrogens (tertiary/aromatic N) is 2. The maximum atomic E-state index is 13.0. The minimum Gasteiger partial charge on any atom is -0.467 e. The van der Waals surface area contributed by atoms with Gasteiger partial charge < -0.3 is 48.5 Å². The van der Waals surface area contributed by atoms with E-state index >= 15 is 0 Å². The second kappa shape index (κ2) is 19.3. The summed E-state index contributed by atoms with van der Waals surface area (Å²) in [6.45, 7) is 4.54. The Morgan fingerprint density at radius 3 is 2.06 bits per heavy atom. The average Bonchev–Trinajstić information content (AvgIpc) is 3.06. The monoisotopic (exact) mass is 703 g/mol. The molecule has 0 radical (unpaired) electrons. The van der Waals surface area contributed by atoms with E-state index in [-0.39, 0.29) is 24.8 Å². The minimum absolute atomic E-state index is 0.0257. The van der Waals surface area contributed by atoms with Gasteiger partial charge in [0, 0.05) is 33.9 Å². The van der Waals surface area contributed by atoms with Gasteiger partial charge in [0.05, 0.1) is 19.4 Å². The maximum absolute atomic E-state index is 13.0. The van der Waals surface area contributed by atoms with Crippen LogP contribution in [0, 0.1) is 0 Å². The van der Waals surface area contributed by atoms with Crippen LogP contribution in [0.4, 0.5) is 10.5 Å². The van der Waals surface area contributed by atoms with Crippen molar-refractivity contribution in [3.8, 4) is 5.75 Å². The Kier molecular flexibility index (Phi) is 15.3. The van der Waals surface area contributed by atoms with Crippen LogP contribution >= 0.6 is 0 Å². The second-order valence-corrected chi connectivity index (χ2v) is 11.6. The molecule has 1 amide bonds. The zero-order valence-electron chi connectivity index (χ0n) is 29.0. The molecule has 0 aromatic heterocycles. The van der Waals surface area contributed by atoms with Gasteiger partial charge in [0.15, 0.2) is 18.3 Å². The van der Waals surface area contributed by atoms with Crippen molar-refractivity contribution in [2.75, 3.05) is 53.4 Å². The zero-order valence-corrected chi connectivity index (χ0v) is 29.0. The minimum atomic E-state index is -1.64. The van der Waals surface area contributed by atoms with Crippen molar-refractivity contribution in [2.24, 2.45) is 0 Å². The van der Waals surface area contributed by atoms with Gasteiger partial charge in [-0.1, -0.05) is 36.4 Å². The first-order valence-corrected chi connectivity index (χ1v) is 15.8. The van der Waals surface area contributed by atoms with Crippen molar-refractivity contribution in [2.45, 2.75) is 64.5 Å². The van der Waals surface area contributed by atoms with E-state index in [0.717, 1.165) is 33.4 Å². The van der Waals surface area contributed by atoms with Crippen LogP contribution in [0.3, 0.4) is 0 Å². The van der Waals surface area contributed by atoms with Crippen LogP contribution in [0.1, 0.15) is 31.9 Å². The molecule has 2 aromatic carbocycles. The van der Waals surface area contributed by atoms with E-state index in [4.69, 9.17) is 43.6 Å². The molecule has 16 nitrogen and oxygen atoms in total. The van der Waals surface area contributed by atoms with Crippen LogP contribution in [0.25, 0.3) is 0 Å². The number of carbonyl (C=O) groups excluding carboxylic acids is 5. The molecule has 2 aromatic rings. The summed E-state index contributed by atoms with van der Waals surface area (Å²) in [6.07, 6.45) is -7.70. The van der Waals surface area contributed by atoms with Crippen LogP contribution in [-0.4, -0.2) is 118 Å². The first-order valence-electron chi connectivity index (χ1n) is 15.8. The molecule has 3 unspecified atom stereocenters. The lowest BCUT2D eigenvalue weighted by atomic mass is 9.97. The van der Waals surface area contributed by atoms with Crippen LogP contribution in [0.15, 0.2) is 48.5 Å². The molecule has 0 spiro atoms. The second-order valence-electron chi connectivity index (χ2n) is 11.6. The number of likely N-dealkylation sites (N-methyl/N-ethyl adjacent to an activating group) is 1. The third-order valence-electron chi connectivity index (χ3n) is 7.21. The summed E-state index contributed by atoms with van der Waals surface area (Å²) in [5.74, 6) is -3.42. The predicted octanol–water partition coefficient (Wildman–Crippen LogP) is 2.06. The number of nitrogen functional groups attached to an aromatic ring is 1. The summed E-state index contributed by atoms with van der Waals surface area (Å²) in [6, 6.07) is 14.4. The fourth-order valence-electron chi connectivity index (χ4n) is 4.87. The molecule has 1 heterocycles. The fraction of sp³-hybridized carbons (Fsp3) is 0.500. The molecular weight excluding hydrogens is 658 g/mol. The molecule has 1 aliphatic heterocycles. The number of nitrogens with two attached hydrogens (primary N) is 1. The first-order chi connectivity index (χ1) is 23.8. The van der Waals surface area contributed by atoms with E-state index in [0.29, 0.717) is 31.7 Å². The van der Waals surface area contributed by atoms with Crippen LogP contribution in [0.2, 0.25) is 0 Å². The Morgan fingerprint density at radius 2 is 1.46 bits per heavy atom. The molecule has 1 fully saturated rings. The highest BCUT2D eigenvalue weighted by Gasteiger charge is 2.56. The Hall–Kier alpha value is -4.93.